The molecule has 3 amide bonds. The highest BCUT2D eigenvalue weighted by molar-refractivity contribution is 7.19. The fourth-order valence-corrected chi connectivity index (χ4v) is 4.82. The lowest BCUT2D eigenvalue weighted by Crippen LogP contribution is -2.43. The molecule has 0 bridgehead atoms. The van der Waals surface area contributed by atoms with E-state index in [-0.39, 0.29) is 18.4 Å². The summed E-state index contributed by atoms with van der Waals surface area (Å²) in [6, 6.07) is 16.5. The molecular formula is C26H26N4O4S. The number of hydrogen-bond acceptors (Lipinski definition) is 6. The molecule has 2 N–H and O–H groups in total. The van der Waals surface area contributed by atoms with E-state index >= 15 is 0 Å². The third-order valence-corrected chi connectivity index (χ3v) is 7.04. The Bertz CT molecular complexity index is 1210. The van der Waals surface area contributed by atoms with Gasteiger partial charge in [-0.1, -0.05) is 53.8 Å². The molecule has 1 unspecified atom stereocenters. The Morgan fingerprint density at radius 2 is 1.80 bits per heavy atom. The van der Waals surface area contributed by atoms with E-state index < -0.39 is 12.1 Å². The molecule has 1 aromatic heterocycles. The zero-order valence-electron chi connectivity index (χ0n) is 19.1. The number of nitrogens with one attached hydrogen (secondary N) is 2. The van der Waals surface area contributed by atoms with Crippen molar-refractivity contribution in [1.29, 1.82) is 0 Å². The van der Waals surface area contributed by atoms with Gasteiger partial charge in [0.05, 0.1) is 4.88 Å². The Balaban J connectivity index is 1.17. The van der Waals surface area contributed by atoms with Gasteiger partial charge in [-0.3, -0.25) is 14.5 Å². The van der Waals surface area contributed by atoms with Crippen LogP contribution in [-0.2, 0) is 16.1 Å². The maximum Gasteiger partial charge on any atom is 0.410 e. The molecule has 2 fully saturated rings. The number of amides is 3. The van der Waals surface area contributed by atoms with Crippen molar-refractivity contribution in [2.75, 3.05) is 11.9 Å². The van der Waals surface area contributed by atoms with Crippen molar-refractivity contribution in [2.24, 2.45) is 0 Å². The summed E-state index contributed by atoms with van der Waals surface area (Å²) >= 11 is 1.35. The van der Waals surface area contributed by atoms with Crippen LogP contribution in [0.15, 0.2) is 60.8 Å². The first-order chi connectivity index (χ1) is 17.1. The minimum absolute atomic E-state index is 0.0558. The Hall–Kier alpha value is -3.72. The summed E-state index contributed by atoms with van der Waals surface area (Å²) in [5, 5.41) is 6.29. The molecule has 1 saturated carbocycles. The molecule has 9 heteroatoms. The third kappa shape index (κ3) is 5.68. The first-order valence-electron chi connectivity index (χ1n) is 11.7. The highest BCUT2D eigenvalue weighted by atomic mass is 32.1. The summed E-state index contributed by atoms with van der Waals surface area (Å²) in [6.45, 7) is 0.650. The summed E-state index contributed by atoms with van der Waals surface area (Å²) in [6.07, 6.45) is 4.62. The maximum atomic E-state index is 12.9. The summed E-state index contributed by atoms with van der Waals surface area (Å²) in [7, 11) is 0. The van der Waals surface area contributed by atoms with Crippen LogP contribution in [0.1, 0.15) is 41.6 Å². The Labute approximate surface area is 207 Å². The molecule has 5 rings (SSSR count). The van der Waals surface area contributed by atoms with Crippen molar-refractivity contribution >= 4 is 34.4 Å². The lowest BCUT2D eigenvalue weighted by molar-refractivity contribution is -0.120. The molecule has 2 aliphatic rings. The van der Waals surface area contributed by atoms with Crippen LogP contribution in [0.4, 0.5) is 9.93 Å². The van der Waals surface area contributed by atoms with Crippen LogP contribution in [0.3, 0.4) is 0 Å². The minimum atomic E-state index is -0.588. The predicted molar refractivity (Wildman–Crippen MR) is 133 cm³/mol. The summed E-state index contributed by atoms with van der Waals surface area (Å²) in [5.41, 5.74) is 2.44. The number of rotatable bonds is 7. The summed E-state index contributed by atoms with van der Waals surface area (Å²) < 4.78 is 5.42. The molecule has 35 heavy (non-hydrogen) atoms. The first kappa shape index (κ1) is 23.0. The van der Waals surface area contributed by atoms with Gasteiger partial charge in [0.15, 0.2) is 5.13 Å². The normalized spacial score (nSPS) is 17.1. The van der Waals surface area contributed by atoms with E-state index in [1.54, 1.807) is 18.3 Å². The van der Waals surface area contributed by atoms with Crippen LogP contribution in [-0.4, -0.2) is 46.4 Å². The second-order valence-corrected chi connectivity index (χ2v) is 9.77. The third-order valence-electron chi connectivity index (χ3n) is 6.08. The van der Waals surface area contributed by atoms with Crippen molar-refractivity contribution in [3.63, 3.8) is 0 Å². The molecule has 1 aliphatic heterocycles. The average molecular weight is 491 g/mol. The number of thiazole rings is 1. The monoisotopic (exact) mass is 490 g/mol. The van der Waals surface area contributed by atoms with Gasteiger partial charge in [-0.15, -0.1) is 0 Å². The van der Waals surface area contributed by atoms with E-state index in [1.807, 2.05) is 42.5 Å². The topological polar surface area (TPSA) is 101 Å². The van der Waals surface area contributed by atoms with Crippen molar-refractivity contribution in [3.05, 3.63) is 71.9 Å². The van der Waals surface area contributed by atoms with E-state index in [1.165, 1.54) is 16.2 Å². The molecule has 2 heterocycles. The molecule has 3 aromatic rings. The van der Waals surface area contributed by atoms with Gasteiger partial charge in [-0.2, -0.15) is 0 Å². The van der Waals surface area contributed by atoms with E-state index in [2.05, 4.69) is 15.6 Å². The smallest absolute Gasteiger partial charge is 0.410 e. The number of carbonyl (C=O) groups is 3. The van der Waals surface area contributed by atoms with E-state index in [0.717, 1.165) is 35.3 Å². The minimum Gasteiger partial charge on any atom is -0.445 e. The molecule has 1 atom stereocenters. The standard InChI is InChI=1S/C26H26N4O4S/c31-23(28-20-12-13-20)19-10-8-18(9-11-19)22-15-27-25(35-22)29-24(32)21-7-4-14-30(21)26(33)34-16-17-5-2-1-3-6-17/h1-3,5-6,8-11,15,20-21H,4,7,12-14,16H2,(H,28,31)(H,27,29,32). The number of aromatic nitrogens is 1. The average Bonchev–Trinajstić information content (AvgIpc) is 3.35. The number of benzene rings is 2. The van der Waals surface area contributed by atoms with Crippen LogP contribution in [0.25, 0.3) is 10.4 Å². The van der Waals surface area contributed by atoms with Crippen LogP contribution < -0.4 is 10.6 Å². The number of ether oxygens (including phenoxy) is 1. The van der Waals surface area contributed by atoms with E-state index in [4.69, 9.17) is 4.74 Å². The summed E-state index contributed by atoms with van der Waals surface area (Å²) in [5.74, 6) is -0.327. The zero-order valence-corrected chi connectivity index (χ0v) is 19.9. The highest BCUT2D eigenvalue weighted by Crippen LogP contribution is 2.30. The van der Waals surface area contributed by atoms with Gasteiger partial charge in [-0.25, -0.2) is 9.78 Å². The van der Waals surface area contributed by atoms with Gasteiger partial charge in [-0.05, 0) is 48.9 Å². The lowest BCUT2D eigenvalue weighted by Gasteiger charge is -2.22. The van der Waals surface area contributed by atoms with Crippen molar-refractivity contribution in [3.8, 4) is 10.4 Å². The molecule has 8 nitrogen and oxygen atoms in total. The number of carbonyl (C=O) groups excluding carboxylic acids is 3. The highest BCUT2D eigenvalue weighted by Gasteiger charge is 2.35. The van der Waals surface area contributed by atoms with Gasteiger partial charge >= 0.3 is 6.09 Å². The maximum absolute atomic E-state index is 12.9. The molecule has 0 radical (unpaired) electrons. The first-order valence-corrected chi connectivity index (χ1v) is 12.5. The van der Waals surface area contributed by atoms with Gasteiger partial charge in [0.25, 0.3) is 5.91 Å². The summed E-state index contributed by atoms with van der Waals surface area (Å²) in [4.78, 5) is 44.4. The number of hydrogen-bond donors (Lipinski definition) is 2. The molecule has 1 saturated heterocycles. The fourth-order valence-electron chi connectivity index (χ4n) is 4.00. The van der Waals surface area contributed by atoms with Crippen molar-refractivity contribution in [1.82, 2.24) is 15.2 Å². The quantitative estimate of drug-likeness (QED) is 0.510. The van der Waals surface area contributed by atoms with Gasteiger partial charge in [0, 0.05) is 24.3 Å². The number of nitrogens with zero attached hydrogens (tertiary/aromatic N) is 2. The second kappa shape index (κ2) is 10.3. The van der Waals surface area contributed by atoms with Crippen molar-refractivity contribution in [2.45, 2.75) is 44.4 Å². The van der Waals surface area contributed by atoms with Crippen molar-refractivity contribution < 1.29 is 19.1 Å². The SMILES string of the molecule is O=C(NC1CC1)c1ccc(-c2cnc(NC(=O)C3CCCN3C(=O)OCc3ccccc3)s2)cc1. The lowest BCUT2D eigenvalue weighted by atomic mass is 10.1. The Morgan fingerprint density at radius 1 is 1.03 bits per heavy atom. The number of anilines is 1. The van der Waals surface area contributed by atoms with Crippen LogP contribution >= 0.6 is 11.3 Å². The Kier molecular flexibility index (Phi) is 6.76. The molecule has 2 aromatic carbocycles. The molecule has 1 aliphatic carbocycles. The molecule has 0 spiro atoms. The van der Waals surface area contributed by atoms with Crippen LogP contribution in [0, 0.1) is 0 Å². The van der Waals surface area contributed by atoms with Gasteiger partial charge in [0.1, 0.15) is 12.6 Å². The van der Waals surface area contributed by atoms with Gasteiger partial charge < -0.3 is 15.4 Å². The van der Waals surface area contributed by atoms with Crippen LogP contribution in [0.5, 0.6) is 0 Å². The van der Waals surface area contributed by atoms with E-state index in [0.29, 0.717) is 29.7 Å². The number of likely N-dealkylation sites (tertiary alicyclic amines) is 1. The van der Waals surface area contributed by atoms with Crippen LogP contribution in [0.2, 0.25) is 0 Å². The largest absolute Gasteiger partial charge is 0.445 e. The Morgan fingerprint density at radius 3 is 2.54 bits per heavy atom. The zero-order chi connectivity index (χ0) is 24.2. The predicted octanol–water partition coefficient (Wildman–Crippen LogP) is 4.44. The second-order valence-electron chi connectivity index (χ2n) is 8.74. The molecule has 180 valence electrons. The van der Waals surface area contributed by atoms with Gasteiger partial charge in [0.2, 0.25) is 5.91 Å². The fraction of sp³-hybridized carbons (Fsp3) is 0.308. The van der Waals surface area contributed by atoms with E-state index in [9.17, 15) is 14.4 Å². The molecular weight excluding hydrogens is 464 g/mol.